The van der Waals surface area contributed by atoms with Crippen LogP contribution in [0.2, 0.25) is 0 Å². The average Bonchev–Trinajstić information content (AvgIpc) is 2.44. The van der Waals surface area contributed by atoms with Crippen molar-refractivity contribution in [3.8, 4) is 0 Å². The molecule has 0 amide bonds. The van der Waals surface area contributed by atoms with Crippen molar-refractivity contribution >= 4 is 16.0 Å². The first-order valence-corrected chi connectivity index (χ1v) is 8.05. The molecule has 0 fully saturated rings. The van der Waals surface area contributed by atoms with E-state index >= 15 is 0 Å². The Morgan fingerprint density at radius 1 is 1.30 bits per heavy atom. The third-order valence-corrected chi connectivity index (χ3v) is 4.75. The van der Waals surface area contributed by atoms with E-state index in [1.165, 1.54) is 19.2 Å². The van der Waals surface area contributed by atoms with Gasteiger partial charge in [0, 0.05) is 6.04 Å². The first kappa shape index (κ1) is 16.7. The summed E-state index contributed by atoms with van der Waals surface area (Å²) >= 11 is 0. The van der Waals surface area contributed by atoms with Crippen molar-refractivity contribution in [2.75, 3.05) is 7.11 Å². The second-order valence-corrected chi connectivity index (χ2v) is 6.32. The van der Waals surface area contributed by atoms with E-state index in [4.69, 9.17) is 0 Å². The Labute approximate surface area is 120 Å². The van der Waals surface area contributed by atoms with Crippen LogP contribution in [0.3, 0.4) is 0 Å². The van der Waals surface area contributed by atoms with Gasteiger partial charge in [0.2, 0.25) is 10.0 Å². The molecule has 1 aromatic rings. The molecular formula is C14H21NO4S. The fraction of sp³-hybridized carbons (Fsp3) is 0.500. The molecule has 0 saturated heterocycles. The molecule has 0 heterocycles. The molecule has 1 aromatic carbocycles. The van der Waals surface area contributed by atoms with Gasteiger partial charge in [0.15, 0.2) is 0 Å². The van der Waals surface area contributed by atoms with E-state index in [2.05, 4.69) is 9.46 Å². The van der Waals surface area contributed by atoms with Gasteiger partial charge in [-0.3, -0.25) is 0 Å². The molecule has 0 bridgehead atoms. The van der Waals surface area contributed by atoms with E-state index in [0.29, 0.717) is 18.4 Å². The minimum absolute atomic E-state index is 0.0791. The van der Waals surface area contributed by atoms with Gasteiger partial charge in [0.1, 0.15) is 0 Å². The fourth-order valence-electron chi connectivity index (χ4n) is 1.84. The summed E-state index contributed by atoms with van der Waals surface area (Å²) < 4.78 is 31.8. The largest absolute Gasteiger partial charge is 0.465 e. The molecule has 0 atom stereocenters. The number of aryl methyl sites for hydroxylation is 1. The van der Waals surface area contributed by atoms with Crippen LogP contribution in [-0.4, -0.2) is 27.5 Å². The second kappa shape index (κ2) is 6.85. The van der Waals surface area contributed by atoms with Crippen molar-refractivity contribution in [2.24, 2.45) is 0 Å². The second-order valence-electron chi connectivity index (χ2n) is 4.60. The number of hydrogen-bond acceptors (Lipinski definition) is 4. The lowest BCUT2D eigenvalue weighted by Gasteiger charge is -2.15. The number of esters is 1. The van der Waals surface area contributed by atoms with Gasteiger partial charge in [-0.05, 0) is 37.5 Å². The van der Waals surface area contributed by atoms with Crippen molar-refractivity contribution in [3.05, 3.63) is 29.3 Å². The van der Waals surface area contributed by atoms with Crippen LogP contribution in [0.15, 0.2) is 23.1 Å². The molecule has 0 unspecified atom stereocenters. The van der Waals surface area contributed by atoms with Gasteiger partial charge in [-0.15, -0.1) is 0 Å². The fourth-order valence-corrected chi connectivity index (χ4v) is 3.27. The lowest BCUT2D eigenvalue weighted by Crippen LogP contribution is -2.34. The van der Waals surface area contributed by atoms with Gasteiger partial charge in [-0.25, -0.2) is 17.9 Å². The van der Waals surface area contributed by atoms with Crippen molar-refractivity contribution in [3.63, 3.8) is 0 Å². The molecule has 1 rings (SSSR count). The number of benzene rings is 1. The van der Waals surface area contributed by atoms with Gasteiger partial charge in [0.05, 0.1) is 17.6 Å². The standard InChI is InChI=1S/C14H21NO4S/c1-5-11(6-2)15-20(17,18)12-8-7-10(3)13(9-12)14(16)19-4/h7-9,11,15H,5-6H2,1-4H3. The molecule has 0 radical (unpaired) electrons. The average molecular weight is 299 g/mol. The van der Waals surface area contributed by atoms with E-state index < -0.39 is 16.0 Å². The molecule has 5 nitrogen and oxygen atoms in total. The predicted octanol–water partition coefficient (Wildman–Crippen LogP) is 2.25. The maximum absolute atomic E-state index is 12.3. The molecule has 0 spiro atoms. The number of hydrogen-bond donors (Lipinski definition) is 1. The molecule has 0 aliphatic rings. The van der Waals surface area contributed by atoms with E-state index in [1.807, 2.05) is 13.8 Å². The summed E-state index contributed by atoms with van der Waals surface area (Å²) in [5.41, 5.74) is 0.943. The van der Waals surface area contributed by atoms with Crippen molar-refractivity contribution < 1.29 is 17.9 Å². The summed E-state index contributed by atoms with van der Waals surface area (Å²) in [6, 6.07) is 4.34. The summed E-state index contributed by atoms with van der Waals surface area (Å²) in [6.07, 6.45) is 1.43. The third kappa shape index (κ3) is 3.80. The Morgan fingerprint density at radius 2 is 1.90 bits per heavy atom. The van der Waals surface area contributed by atoms with E-state index in [0.717, 1.165) is 0 Å². The molecule has 0 aliphatic carbocycles. The number of nitrogens with one attached hydrogen (secondary N) is 1. The zero-order valence-corrected chi connectivity index (χ0v) is 13.1. The minimum atomic E-state index is -3.62. The number of carbonyl (C=O) groups excluding carboxylic acids is 1. The molecule has 0 aliphatic heterocycles. The molecular weight excluding hydrogens is 278 g/mol. The zero-order chi connectivity index (χ0) is 15.3. The first-order chi connectivity index (χ1) is 9.35. The number of methoxy groups -OCH3 is 1. The van der Waals surface area contributed by atoms with Gasteiger partial charge < -0.3 is 4.74 Å². The van der Waals surface area contributed by atoms with E-state index in [9.17, 15) is 13.2 Å². The van der Waals surface area contributed by atoms with Crippen LogP contribution in [0.5, 0.6) is 0 Å². The zero-order valence-electron chi connectivity index (χ0n) is 12.3. The van der Waals surface area contributed by atoms with E-state index in [1.54, 1.807) is 13.0 Å². The van der Waals surface area contributed by atoms with Crippen molar-refractivity contribution in [1.82, 2.24) is 4.72 Å². The van der Waals surface area contributed by atoms with Gasteiger partial charge >= 0.3 is 5.97 Å². The molecule has 6 heteroatoms. The van der Waals surface area contributed by atoms with E-state index in [-0.39, 0.29) is 16.5 Å². The molecule has 1 N–H and O–H groups in total. The first-order valence-electron chi connectivity index (χ1n) is 6.57. The number of rotatable bonds is 6. The smallest absolute Gasteiger partial charge is 0.338 e. The van der Waals surface area contributed by atoms with Crippen LogP contribution >= 0.6 is 0 Å². The third-order valence-electron chi connectivity index (χ3n) is 3.23. The predicted molar refractivity (Wildman–Crippen MR) is 77.2 cm³/mol. The van der Waals surface area contributed by atoms with Gasteiger partial charge in [-0.1, -0.05) is 19.9 Å². The Bertz CT molecular complexity index is 577. The van der Waals surface area contributed by atoms with Crippen molar-refractivity contribution in [1.29, 1.82) is 0 Å². The van der Waals surface area contributed by atoms with Crippen LogP contribution < -0.4 is 4.72 Å². The van der Waals surface area contributed by atoms with Crippen molar-refractivity contribution in [2.45, 2.75) is 44.6 Å². The Morgan fingerprint density at radius 3 is 2.40 bits per heavy atom. The number of carbonyl (C=O) groups is 1. The highest BCUT2D eigenvalue weighted by atomic mass is 32.2. The normalized spacial score (nSPS) is 11.7. The lowest BCUT2D eigenvalue weighted by atomic mass is 10.1. The summed E-state index contributed by atoms with van der Waals surface area (Å²) in [7, 11) is -2.35. The summed E-state index contributed by atoms with van der Waals surface area (Å²) in [6.45, 7) is 5.58. The highest BCUT2D eigenvalue weighted by Gasteiger charge is 2.20. The maximum Gasteiger partial charge on any atom is 0.338 e. The van der Waals surface area contributed by atoms with Crippen LogP contribution in [0.4, 0.5) is 0 Å². The highest BCUT2D eigenvalue weighted by molar-refractivity contribution is 7.89. The van der Waals surface area contributed by atoms with Gasteiger partial charge in [0.25, 0.3) is 0 Å². The SMILES string of the molecule is CCC(CC)NS(=O)(=O)c1ccc(C)c(C(=O)OC)c1. The van der Waals surface area contributed by atoms with Crippen LogP contribution in [0.25, 0.3) is 0 Å². The topological polar surface area (TPSA) is 72.5 Å². The summed E-state index contributed by atoms with van der Waals surface area (Å²) in [4.78, 5) is 11.7. The minimum Gasteiger partial charge on any atom is -0.465 e. The lowest BCUT2D eigenvalue weighted by molar-refractivity contribution is 0.0599. The van der Waals surface area contributed by atoms with Crippen LogP contribution in [0, 0.1) is 6.92 Å². The number of sulfonamides is 1. The molecule has 112 valence electrons. The Hall–Kier alpha value is -1.40. The molecule has 0 aromatic heterocycles. The summed E-state index contributed by atoms with van der Waals surface area (Å²) in [5, 5.41) is 0. The van der Waals surface area contributed by atoms with Crippen LogP contribution in [0.1, 0.15) is 42.6 Å². The maximum atomic E-state index is 12.3. The molecule has 20 heavy (non-hydrogen) atoms. The van der Waals surface area contributed by atoms with Crippen LogP contribution in [-0.2, 0) is 14.8 Å². The monoisotopic (exact) mass is 299 g/mol. The van der Waals surface area contributed by atoms with Gasteiger partial charge in [-0.2, -0.15) is 0 Å². The summed E-state index contributed by atoms with van der Waals surface area (Å²) in [5.74, 6) is -0.540. The highest BCUT2D eigenvalue weighted by Crippen LogP contribution is 2.17. The quantitative estimate of drug-likeness (QED) is 0.818. The molecule has 0 saturated carbocycles. The Kier molecular flexibility index (Phi) is 5.71. The number of ether oxygens (including phenoxy) is 1. The Balaban J connectivity index is 3.16.